The van der Waals surface area contributed by atoms with Gasteiger partial charge in [0.15, 0.2) is 0 Å². The minimum atomic E-state index is -0.969. The van der Waals surface area contributed by atoms with Crippen LogP contribution in [0.25, 0.3) is 11.3 Å². The van der Waals surface area contributed by atoms with E-state index >= 15 is 0 Å². The molecule has 0 fully saturated rings. The topological polar surface area (TPSA) is 91.9 Å². The first kappa shape index (κ1) is 18.1. The van der Waals surface area contributed by atoms with Crippen LogP contribution in [0.1, 0.15) is 27.2 Å². The van der Waals surface area contributed by atoms with Crippen molar-refractivity contribution in [2.75, 3.05) is 0 Å². The Morgan fingerprint density at radius 2 is 1.89 bits per heavy atom. The quantitative estimate of drug-likeness (QED) is 0.517. The van der Waals surface area contributed by atoms with Gasteiger partial charge in [-0.1, -0.05) is 36.4 Å². The Bertz CT molecular complexity index is 990. The molecule has 1 heterocycles. The number of carbonyl (C=O) groups is 2. The maximum absolute atomic E-state index is 11.9. The predicted octanol–water partition coefficient (Wildman–Crippen LogP) is 3.65. The molecule has 0 bridgehead atoms. The summed E-state index contributed by atoms with van der Waals surface area (Å²) in [5.41, 5.74) is 5.19. The number of furan rings is 1. The van der Waals surface area contributed by atoms with E-state index in [-0.39, 0.29) is 17.9 Å². The standard InChI is InChI=1S/C21H18N2O4/c1-14-11-16(21(25)26)7-9-18(14)19-10-8-17(27-19)13-22-23-20(24)12-15-5-3-2-4-6-15/h2-11,13H,12H2,1H3,(H,23,24)(H,25,26). The van der Waals surface area contributed by atoms with Crippen molar-refractivity contribution >= 4 is 18.1 Å². The molecule has 3 rings (SSSR count). The molecule has 6 heteroatoms. The Kier molecular flexibility index (Phi) is 5.47. The Hall–Kier alpha value is -3.67. The van der Waals surface area contributed by atoms with Gasteiger partial charge in [0, 0.05) is 5.56 Å². The summed E-state index contributed by atoms with van der Waals surface area (Å²) in [6.45, 7) is 1.82. The molecular formula is C21H18N2O4. The number of nitrogens with one attached hydrogen (secondary N) is 1. The average molecular weight is 362 g/mol. The zero-order chi connectivity index (χ0) is 19.2. The molecular weight excluding hydrogens is 344 g/mol. The number of hydrazone groups is 1. The van der Waals surface area contributed by atoms with Crippen LogP contribution in [-0.4, -0.2) is 23.2 Å². The van der Waals surface area contributed by atoms with Crippen molar-refractivity contribution in [3.05, 3.63) is 83.1 Å². The van der Waals surface area contributed by atoms with Crippen LogP contribution in [0.2, 0.25) is 0 Å². The van der Waals surface area contributed by atoms with E-state index in [1.54, 1.807) is 24.3 Å². The van der Waals surface area contributed by atoms with E-state index in [4.69, 9.17) is 9.52 Å². The molecule has 0 radical (unpaired) electrons. The first-order chi connectivity index (χ1) is 13.0. The number of carboxylic acid groups (broad SMARTS) is 1. The molecule has 1 amide bonds. The van der Waals surface area contributed by atoms with Gasteiger partial charge in [0.25, 0.3) is 0 Å². The third kappa shape index (κ3) is 4.70. The number of rotatable bonds is 6. The van der Waals surface area contributed by atoms with Crippen LogP contribution >= 0.6 is 0 Å². The van der Waals surface area contributed by atoms with E-state index in [1.807, 2.05) is 37.3 Å². The molecule has 0 aliphatic carbocycles. The Morgan fingerprint density at radius 3 is 2.59 bits per heavy atom. The van der Waals surface area contributed by atoms with Crippen LogP contribution in [0.5, 0.6) is 0 Å². The van der Waals surface area contributed by atoms with Crippen molar-refractivity contribution in [2.24, 2.45) is 5.10 Å². The molecule has 0 saturated heterocycles. The van der Waals surface area contributed by atoms with Crippen molar-refractivity contribution in [1.82, 2.24) is 5.43 Å². The summed E-state index contributed by atoms with van der Waals surface area (Å²) in [4.78, 5) is 22.9. The summed E-state index contributed by atoms with van der Waals surface area (Å²) in [6.07, 6.45) is 1.67. The van der Waals surface area contributed by atoms with E-state index in [2.05, 4.69) is 10.5 Å². The van der Waals surface area contributed by atoms with Gasteiger partial charge in [-0.05, 0) is 42.3 Å². The molecule has 0 aliphatic heterocycles. The lowest BCUT2D eigenvalue weighted by Crippen LogP contribution is -2.19. The van der Waals surface area contributed by atoms with Gasteiger partial charge in [0.05, 0.1) is 18.2 Å². The molecule has 2 N–H and O–H groups in total. The molecule has 1 aromatic heterocycles. The number of hydrogen-bond donors (Lipinski definition) is 2. The summed E-state index contributed by atoms with van der Waals surface area (Å²) < 4.78 is 5.70. The fourth-order valence-corrected chi connectivity index (χ4v) is 2.63. The minimum Gasteiger partial charge on any atom is -0.478 e. The number of hydrogen-bond acceptors (Lipinski definition) is 4. The molecule has 0 aliphatic rings. The molecule has 0 unspecified atom stereocenters. The van der Waals surface area contributed by atoms with Crippen LogP contribution in [0.4, 0.5) is 0 Å². The molecule has 0 spiro atoms. The lowest BCUT2D eigenvalue weighted by Gasteiger charge is -2.03. The van der Waals surface area contributed by atoms with Crippen molar-refractivity contribution in [1.29, 1.82) is 0 Å². The summed E-state index contributed by atoms with van der Waals surface area (Å²) in [7, 11) is 0. The molecule has 6 nitrogen and oxygen atoms in total. The molecule has 27 heavy (non-hydrogen) atoms. The highest BCUT2D eigenvalue weighted by molar-refractivity contribution is 5.89. The maximum atomic E-state index is 11.9. The van der Waals surface area contributed by atoms with E-state index < -0.39 is 5.97 Å². The van der Waals surface area contributed by atoms with Crippen LogP contribution in [0, 0.1) is 6.92 Å². The van der Waals surface area contributed by atoms with Crippen molar-refractivity contribution in [3.63, 3.8) is 0 Å². The Balaban J connectivity index is 1.63. The van der Waals surface area contributed by atoms with E-state index in [0.29, 0.717) is 11.5 Å². The van der Waals surface area contributed by atoms with Crippen molar-refractivity contribution in [2.45, 2.75) is 13.3 Å². The normalized spacial score (nSPS) is 10.9. The number of benzene rings is 2. The number of carboxylic acids is 1. The number of carbonyl (C=O) groups excluding carboxylic acids is 1. The summed E-state index contributed by atoms with van der Waals surface area (Å²) in [6, 6.07) is 17.7. The van der Waals surface area contributed by atoms with Gasteiger partial charge < -0.3 is 9.52 Å². The molecule has 0 atom stereocenters. The monoisotopic (exact) mass is 362 g/mol. The van der Waals surface area contributed by atoms with E-state index in [1.165, 1.54) is 12.3 Å². The van der Waals surface area contributed by atoms with Crippen LogP contribution in [0.15, 0.2) is 70.2 Å². The Morgan fingerprint density at radius 1 is 1.11 bits per heavy atom. The van der Waals surface area contributed by atoms with Crippen molar-refractivity contribution in [3.8, 4) is 11.3 Å². The first-order valence-electron chi connectivity index (χ1n) is 8.33. The van der Waals surface area contributed by atoms with Gasteiger partial charge >= 0.3 is 5.97 Å². The summed E-state index contributed by atoms with van der Waals surface area (Å²) in [5, 5.41) is 12.9. The maximum Gasteiger partial charge on any atom is 0.335 e. The highest BCUT2D eigenvalue weighted by Crippen LogP contribution is 2.26. The van der Waals surface area contributed by atoms with Gasteiger partial charge in [0.1, 0.15) is 11.5 Å². The lowest BCUT2D eigenvalue weighted by molar-refractivity contribution is -0.120. The van der Waals surface area contributed by atoms with Gasteiger partial charge in [0.2, 0.25) is 5.91 Å². The zero-order valence-electron chi connectivity index (χ0n) is 14.7. The second-order valence-corrected chi connectivity index (χ2v) is 5.99. The summed E-state index contributed by atoms with van der Waals surface area (Å²) >= 11 is 0. The number of amides is 1. The number of aryl methyl sites for hydroxylation is 1. The van der Waals surface area contributed by atoms with Crippen LogP contribution in [-0.2, 0) is 11.2 Å². The lowest BCUT2D eigenvalue weighted by atomic mass is 10.0. The fourth-order valence-electron chi connectivity index (χ4n) is 2.63. The second-order valence-electron chi connectivity index (χ2n) is 5.99. The van der Waals surface area contributed by atoms with Gasteiger partial charge in [-0.25, -0.2) is 10.2 Å². The first-order valence-corrected chi connectivity index (χ1v) is 8.33. The minimum absolute atomic E-state index is 0.218. The van der Waals surface area contributed by atoms with E-state index in [9.17, 15) is 9.59 Å². The van der Waals surface area contributed by atoms with E-state index in [0.717, 1.165) is 16.7 Å². The highest BCUT2D eigenvalue weighted by atomic mass is 16.4. The molecule has 0 saturated carbocycles. The molecule has 136 valence electrons. The van der Waals surface area contributed by atoms with Crippen molar-refractivity contribution < 1.29 is 19.1 Å². The van der Waals surface area contributed by atoms with Gasteiger partial charge in [-0.15, -0.1) is 0 Å². The second kappa shape index (κ2) is 8.14. The molecule has 3 aromatic rings. The SMILES string of the molecule is Cc1cc(C(=O)O)ccc1-c1ccc(C=NNC(=O)Cc2ccccc2)o1. The third-order valence-corrected chi connectivity index (χ3v) is 3.95. The smallest absolute Gasteiger partial charge is 0.335 e. The molecule has 2 aromatic carbocycles. The largest absolute Gasteiger partial charge is 0.478 e. The van der Waals surface area contributed by atoms with Crippen LogP contribution in [0.3, 0.4) is 0 Å². The zero-order valence-corrected chi connectivity index (χ0v) is 14.7. The Labute approximate surface area is 156 Å². The van der Waals surface area contributed by atoms with Gasteiger partial charge in [-0.3, -0.25) is 4.79 Å². The number of nitrogens with zero attached hydrogens (tertiary/aromatic N) is 1. The fraction of sp³-hybridized carbons (Fsp3) is 0.0952. The third-order valence-electron chi connectivity index (χ3n) is 3.95. The summed E-state index contributed by atoms with van der Waals surface area (Å²) in [5.74, 6) is -0.110. The highest BCUT2D eigenvalue weighted by Gasteiger charge is 2.10. The predicted molar refractivity (Wildman–Crippen MR) is 102 cm³/mol. The van der Waals surface area contributed by atoms with Crippen LogP contribution < -0.4 is 5.43 Å². The van der Waals surface area contributed by atoms with Gasteiger partial charge in [-0.2, -0.15) is 5.10 Å². The number of aromatic carboxylic acids is 1. The average Bonchev–Trinajstić information content (AvgIpc) is 3.11.